The Hall–Kier alpha value is -2.14. The van der Waals surface area contributed by atoms with Gasteiger partial charge in [-0.05, 0) is 37.8 Å². The third-order valence-corrected chi connectivity index (χ3v) is 4.79. The van der Waals surface area contributed by atoms with E-state index in [4.69, 9.17) is 4.74 Å². The Morgan fingerprint density at radius 2 is 2.12 bits per heavy atom. The number of fused-ring (bicyclic) bond motifs is 1. The van der Waals surface area contributed by atoms with Crippen LogP contribution >= 0.6 is 0 Å². The van der Waals surface area contributed by atoms with Gasteiger partial charge in [0.05, 0.1) is 12.1 Å². The first-order valence-electron chi connectivity index (χ1n) is 8.46. The summed E-state index contributed by atoms with van der Waals surface area (Å²) in [6.45, 7) is 4.40. The van der Waals surface area contributed by atoms with Gasteiger partial charge < -0.3 is 14.2 Å². The first-order chi connectivity index (χ1) is 11.6. The van der Waals surface area contributed by atoms with Gasteiger partial charge in [-0.15, -0.1) is 0 Å². The van der Waals surface area contributed by atoms with Crippen molar-refractivity contribution in [1.29, 1.82) is 0 Å². The third kappa shape index (κ3) is 3.36. The summed E-state index contributed by atoms with van der Waals surface area (Å²) in [5.74, 6) is 0.521. The molecule has 24 heavy (non-hydrogen) atoms. The molecule has 3 rings (SSSR count). The van der Waals surface area contributed by atoms with Crippen LogP contribution in [-0.4, -0.2) is 42.2 Å². The number of carbonyl (C=O) groups is 1. The number of aryl methyl sites for hydroxylation is 1. The van der Waals surface area contributed by atoms with Gasteiger partial charge >= 0.3 is 0 Å². The Labute approximate surface area is 141 Å². The summed E-state index contributed by atoms with van der Waals surface area (Å²) < 4.78 is 7.18. The summed E-state index contributed by atoms with van der Waals surface area (Å²) in [5, 5.41) is 0.659. The first kappa shape index (κ1) is 16.7. The number of likely N-dealkylation sites (tertiary alicyclic amines) is 1. The van der Waals surface area contributed by atoms with Gasteiger partial charge in [-0.1, -0.05) is 12.1 Å². The highest BCUT2D eigenvalue weighted by molar-refractivity contribution is 5.82. The number of methoxy groups -OCH3 is 1. The molecule has 1 unspecified atom stereocenters. The zero-order valence-corrected chi connectivity index (χ0v) is 14.3. The smallest absolute Gasteiger partial charge is 0.242 e. The molecule has 1 aromatic heterocycles. The highest BCUT2D eigenvalue weighted by Gasteiger charge is 2.24. The van der Waals surface area contributed by atoms with Crippen molar-refractivity contribution < 1.29 is 9.53 Å². The largest absolute Gasteiger partial charge is 0.384 e. The number of aromatic nitrogens is 1. The van der Waals surface area contributed by atoms with Gasteiger partial charge in [-0.3, -0.25) is 9.59 Å². The topological polar surface area (TPSA) is 51.5 Å². The fourth-order valence-electron chi connectivity index (χ4n) is 3.56. The second-order valence-corrected chi connectivity index (χ2v) is 6.56. The number of hydrogen-bond donors (Lipinski definition) is 0. The molecule has 1 fully saturated rings. The summed E-state index contributed by atoms with van der Waals surface area (Å²) in [6.07, 6.45) is 2.13. The summed E-state index contributed by atoms with van der Waals surface area (Å²) in [7, 11) is 1.70. The Morgan fingerprint density at radius 1 is 1.33 bits per heavy atom. The summed E-state index contributed by atoms with van der Waals surface area (Å²) in [4.78, 5) is 26.8. The van der Waals surface area contributed by atoms with E-state index in [9.17, 15) is 9.59 Å². The van der Waals surface area contributed by atoms with Crippen LogP contribution in [0, 0.1) is 12.8 Å². The minimum absolute atomic E-state index is 0.00456. The van der Waals surface area contributed by atoms with Gasteiger partial charge in [0, 0.05) is 37.3 Å². The van der Waals surface area contributed by atoms with Crippen LogP contribution in [0.1, 0.15) is 18.5 Å². The van der Waals surface area contributed by atoms with Crippen LogP contribution in [0.4, 0.5) is 0 Å². The number of nitrogens with zero attached hydrogens (tertiary/aromatic N) is 2. The molecular weight excluding hydrogens is 304 g/mol. The maximum atomic E-state index is 12.8. The van der Waals surface area contributed by atoms with Crippen LogP contribution in [0.15, 0.2) is 35.1 Å². The molecule has 0 aliphatic carbocycles. The standard InChI is InChI=1S/C19H24N2O3/c1-14-10-18(22)16-7-3-4-8-17(16)21(14)12-19(23)20-9-5-6-15(11-20)13-24-2/h3-4,7-8,10,15H,5-6,9,11-13H2,1-2H3. The number of para-hydroxylation sites is 1. The molecule has 1 aromatic carbocycles. The van der Waals surface area contributed by atoms with Crippen molar-refractivity contribution in [3.05, 3.63) is 46.2 Å². The van der Waals surface area contributed by atoms with Gasteiger partial charge in [0.25, 0.3) is 0 Å². The summed E-state index contributed by atoms with van der Waals surface area (Å²) in [5.41, 5.74) is 1.64. The lowest BCUT2D eigenvalue weighted by Crippen LogP contribution is -2.42. The predicted octanol–water partition coefficient (Wildman–Crippen LogP) is 2.19. The first-order valence-corrected chi connectivity index (χ1v) is 8.46. The number of piperidine rings is 1. The maximum Gasteiger partial charge on any atom is 0.242 e. The second-order valence-electron chi connectivity index (χ2n) is 6.56. The Kier molecular flexibility index (Phi) is 5.00. The van der Waals surface area contributed by atoms with E-state index >= 15 is 0 Å². The average Bonchev–Trinajstić information content (AvgIpc) is 2.59. The van der Waals surface area contributed by atoms with Crippen LogP contribution in [-0.2, 0) is 16.1 Å². The zero-order valence-electron chi connectivity index (χ0n) is 14.3. The molecule has 0 bridgehead atoms. The normalized spacial score (nSPS) is 18.1. The highest BCUT2D eigenvalue weighted by Crippen LogP contribution is 2.18. The Morgan fingerprint density at radius 3 is 2.92 bits per heavy atom. The van der Waals surface area contributed by atoms with E-state index < -0.39 is 0 Å². The second kappa shape index (κ2) is 7.18. The number of benzene rings is 1. The molecule has 0 spiro atoms. The van der Waals surface area contributed by atoms with Gasteiger partial charge in [0.15, 0.2) is 5.43 Å². The van der Waals surface area contributed by atoms with E-state index in [2.05, 4.69) is 0 Å². The van der Waals surface area contributed by atoms with E-state index in [0.717, 1.165) is 37.1 Å². The fraction of sp³-hybridized carbons (Fsp3) is 0.474. The predicted molar refractivity (Wildman–Crippen MR) is 94.1 cm³/mol. The van der Waals surface area contributed by atoms with E-state index in [0.29, 0.717) is 17.9 Å². The molecule has 128 valence electrons. The quantitative estimate of drug-likeness (QED) is 0.864. The minimum atomic E-state index is 0.00456. The van der Waals surface area contributed by atoms with Crippen molar-refractivity contribution in [2.45, 2.75) is 26.3 Å². The van der Waals surface area contributed by atoms with Crippen molar-refractivity contribution in [1.82, 2.24) is 9.47 Å². The van der Waals surface area contributed by atoms with Gasteiger partial charge in [0.1, 0.15) is 6.54 Å². The molecule has 2 aromatic rings. The maximum absolute atomic E-state index is 12.8. The molecule has 0 radical (unpaired) electrons. The molecule has 1 aliphatic heterocycles. The number of hydrogen-bond acceptors (Lipinski definition) is 3. The SMILES string of the molecule is COCC1CCCN(C(=O)Cn2c(C)cc(=O)c3ccccc32)C1. The Balaban J connectivity index is 1.84. The fourth-order valence-corrected chi connectivity index (χ4v) is 3.56. The molecule has 1 saturated heterocycles. The Bertz CT molecular complexity index is 795. The number of amides is 1. The minimum Gasteiger partial charge on any atom is -0.384 e. The summed E-state index contributed by atoms with van der Waals surface area (Å²) in [6, 6.07) is 9.08. The van der Waals surface area contributed by atoms with Crippen molar-refractivity contribution >= 4 is 16.8 Å². The molecule has 0 N–H and O–H groups in total. The van der Waals surface area contributed by atoms with Crippen molar-refractivity contribution in [2.75, 3.05) is 26.8 Å². The van der Waals surface area contributed by atoms with Crippen LogP contribution < -0.4 is 5.43 Å². The van der Waals surface area contributed by atoms with Crippen molar-refractivity contribution in [3.63, 3.8) is 0 Å². The molecular formula is C19H24N2O3. The number of carbonyl (C=O) groups excluding carboxylic acids is 1. The molecule has 1 aliphatic rings. The van der Waals surface area contributed by atoms with Crippen LogP contribution in [0.3, 0.4) is 0 Å². The van der Waals surface area contributed by atoms with Crippen LogP contribution in [0.2, 0.25) is 0 Å². The zero-order chi connectivity index (χ0) is 17.1. The summed E-state index contributed by atoms with van der Waals surface area (Å²) >= 11 is 0. The molecule has 0 saturated carbocycles. The number of rotatable bonds is 4. The van der Waals surface area contributed by atoms with Crippen molar-refractivity contribution in [3.8, 4) is 0 Å². The van der Waals surface area contributed by atoms with Crippen LogP contribution in [0.25, 0.3) is 10.9 Å². The van der Waals surface area contributed by atoms with Gasteiger partial charge in [-0.2, -0.15) is 0 Å². The van der Waals surface area contributed by atoms with Gasteiger partial charge in [-0.25, -0.2) is 0 Å². The number of ether oxygens (including phenoxy) is 1. The highest BCUT2D eigenvalue weighted by atomic mass is 16.5. The van der Waals surface area contributed by atoms with Crippen molar-refractivity contribution in [2.24, 2.45) is 5.92 Å². The lowest BCUT2D eigenvalue weighted by Gasteiger charge is -2.33. The molecule has 5 nitrogen and oxygen atoms in total. The molecule has 1 amide bonds. The average molecular weight is 328 g/mol. The van der Waals surface area contributed by atoms with Gasteiger partial charge in [0.2, 0.25) is 5.91 Å². The van der Waals surface area contributed by atoms with E-state index in [1.54, 1.807) is 13.2 Å². The lowest BCUT2D eigenvalue weighted by atomic mass is 9.99. The molecule has 5 heteroatoms. The third-order valence-electron chi connectivity index (χ3n) is 4.79. The van der Waals surface area contributed by atoms with E-state index in [-0.39, 0.29) is 17.9 Å². The number of pyridine rings is 1. The lowest BCUT2D eigenvalue weighted by molar-refractivity contribution is -0.134. The van der Waals surface area contributed by atoms with Crippen LogP contribution in [0.5, 0.6) is 0 Å². The van der Waals surface area contributed by atoms with E-state index in [1.165, 1.54) is 0 Å². The molecule has 1 atom stereocenters. The molecule has 2 heterocycles. The van der Waals surface area contributed by atoms with E-state index in [1.807, 2.05) is 40.7 Å². The monoisotopic (exact) mass is 328 g/mol.